The predicted molar refractivity (Wildman–Crippen MR) is 86.3 cm³/mol. The number of rotatable bonds is 2. The summed E-state index contributed by atoms with van der Waals surface area (Å²) in [6.07, 6.45) is 2.97. The van der Waals surface area contributed by atoms with Crippen LogP contribution in [0.4, 0.5) is 8.78 Å². The maximum atomic E-state index is 14.9. The maximum Gasteiger partial charge on any atom is 0.221 e. The fraction of sp³-hybridized carbons (Fsp3) is 0.133. The fourth-order valence-electron chi connectivity index (χ4n) is 2.64. The standard InChI is InChI=1S/C15H9BrF2N6/c1-7(24-15-14(22-23-24)20-6-11(16)21-15)12-9(17)5-10-8(13(12)18)3-2-4-19-10/h2-7H,1H3. The van der Waals surface area contributed by atoms with Gasteiger partial charge in [-0.25, -0.2) is 23.4 Å². The zero-order chi connectivity index (χ0) is 16.8. The van der Waals surface area contributed by atoms with Crippen molar-refractivity contribution in [2.75, 3.05) is 0 Å². The van der Waals surface area contributed by atoms with Crippen LogP contribution in [0.5, 0.6) is 0 Å². The van der Waals surface area contributed by atoms with Crippen molar-refractivity contribution in [1.82, 2.24) is 29.9 Å². The lowest BCUT2D eigenvalue weighted by Crippen LogP contribution is -2.13. The van der Waals surface area contributed by atoms with Crippen molar-refractivity contribution < 1.29 is 8.78 Å². The Hall–Kier alpha value is -2.55. The van der Waals surface area contributed by atoms with E-state index in [4.69, 9.17) is 0 Å². The SMILES string of the molecule is CC(c1c(F)cc2ncccc2c1F)n1nnc2ncc(Br)nc21. The van der Waals surface area contributed by atoms with E-state index in [-0.39, 0.29) is 16.5 Å². The normalized spacial score (nSPS) is 12.8. The van der Waals surface area contributed by atoms with E-state index in [1.165, 1.54) is 23.1 Å². The smallest absolute Gasteiger partial charge is 0.221 e. The molecule has 24 heavy (non-hydrogen) atoms. The summed E-state index contributed by atoms with van der Waals surface area (Å²) in [7, 11) is 0. The van der Waals surface area contributed by atoms with E-state index in [0.29, 0.717) is 15.9 Å². The van der Waals surface area contributed by atoms with Gasteiger partial charge in [0, 0.05) is 23.2 Å². The van der Waals surface area contributed by atoms with Crippen molar-refractivity contribution in [3.63, 3.8) is 0 Å². The van der Waals surface area contributed by atoms with Gasteiger partial charge in [0.1, 0.15) is 16.2 Å². The third kappa shape index (κ3) is 2.23. The van der Waals surface area contributed by atoms with Crippen LogP contribution in [0.15, 0.2) is 35.2 Å². The van der Waals surface area contributed by atoms with Crippen molar-refractivity contribution in [2.45, 2.75) is 13.0 Å². The van der Waals surface area contributed by atoms with Gasteiger partial charge < -0.3 is 0 Å². The Morgan fingerprint density at radius 3 is 2.92 bits per heavy atom. The van der Waals surface area contributed by atoms with Gasteiger partial charge in [-0.05, 0) is 35.0 Å². The first-order chi connectivity index (χ1) is 11.6. The first kappa shape index (κ1) is 15.0. The van der Waals surface area contributed by atoms with Gasteiger partial charge in [0.25, 0.3) is 0 Å². The Morgan fingerprint density at radius 1 is 1.25 bits per heavy atom. The average Bonchev–Trinajstić information content (AvgIpc) is 2.97. The molecule has 0 aliphatic carbocycles. The van der Waals surface area contributed by atoms with Gasteiger partial charge in [0.15, 0.2) is 5.65 Å². The van der Waals surface area contributed by atoms with Crippen LogP contribution in [-0.2, 0) is 0 Å². The predicted octanol–water partition coefficient (Wildman–Crippen LogP) is 3.42. The molecular weight excluding hydrogens is 382 g/mol. The highest BCUT2D eigenvalue weighted by atomic mass is 79.9. The Balaban J connectivity index is 1.94. The monoisotopic (exact) mass is 390 g/mol. The molecule has 0 N–H and O–H groups in total. The van der Waals surface area contributed by atoms with Crippen LogP contribution in [0, 0.1) is 11.6 Å². The van der Waals surface area contributed by atoms with Crippen LogP contribution < -0.4 is 0 Å². The van der Waals surface area contributed by atoms with Crippen molar-refractivity contribution in [2.24, 2.45) is 0 Å². The minimum atomic E-state index is -0.761. The molecule has 3 aromatic heterocycles. The van der Waals surface area contributed by atoms with Gasteiger partial charge in [-0.15, -0.1) is 5.10 Å². The van der Waals surface area contributed by atoms with Crippen LogP contribution in [0.25, 0.3) is 22.2 Å². The lowest BCUT2D eigenvalue weighted by atomic mass is 10.0. The largest absolute Gasteiger partial charge is 0.256 e. The molecule has 0 saturated heterocycles. The van der Waals surface area contributed by atoms with E-state index in [2.05, 4.69) is 41.2 Å². The number of nitrogens with zero attached hydrogens (tertiary/aromatic N) is 6. The second-order valence-electron chi connectivity index (χ2n) is 5.21. The molecule has 4 aromatic rings. The quantitative estimate of drug-likeness (QED) is 0.524. The minimum absolute atomic E-state index is 0.121. The summed E-state index contributed by atoms with van der Waals surface area (Å²) in [5.41, 5.74) is 0.772. The lowest BCUT2D eigenvalue weighted by molar-refractivity contribution is 0.484. The van der Waals surface area contributed by atoms with E-state index in [9.17, 15) is 8.78 Å². The van der Waals surface area contributed by atoms with Crippen molar-refractivity contribution in [3.8, 4) is 0 Å². The Morgan fingerprint density at radius 2 is 2.08 bits per heavy atom. The highest BCUT2D eigenvalue weighted by molar-refractivity contribution is 9.10. The molecule has 9 heteroatoms. The Labute approximate surface area is 142 Å². The summed E-state index contributed by atoms with van der Waals surface area (Å²) in [6, 6.07) is 3.61. The number of hydrogen-bond donors (Lipinski definition) is 0. The van der Waals surface area contributed by atoms with E-state index >= 15 is 0 Å². The summed E-state index contributed by atoms with van der Waals surface area (Å²) >= 11 is 3.22. The summed E-state index contributed by atoms with van der Waals surface area (Å²) in [5, 5.41) is 8.08. The maximum absolute atomic E-state index is 14.9. The summed E-state index contributed by atoms with van der Waals surface area (Å²) in [4.78, 5) is 12.3. The first-order valence-electron chi connectivity index (χ1n) is 7.02. The molecule has 0 saturated carbocycles. The van der Waals surface area contributed by atoms with Crippen LogP contribution in [-0.4, -0.2) is 29.9 Å². The topological polar surface area (TPSA) is 69.4 Å². The minimum Gasteiger partial charge on any atom is -0.256 e. The number of benzene rings is 1. The van der Waals surface area contributed by atoms with E-state index in [0.717, 1.165) is 0 Å². The molecule has 0 spiro atoms. The summed E-state index contributed by atoms with van der Waals surface area (Å²) in [5.74, 6) is -1.37. The van der Waals surface area contributed by atoms with Crippen LogP contribution in [0.3, 0.4) is 0 Å². The zero-order valence-corrected chi connectivity index (χ0v) is 13.9. The third-order valence-electron chi connectivity index (χ3n) is 3.78. The molecule has 4 rings (SSSR count). The lowest BCUT2D eigenvalue weighted by Gasteiger charge is -2.15. The van der Waals surface area contributed by atoms with Crippen molar-refractivity contribution in [3.05, 3.63) is 52.4 Å². The van der Waals surface area contributed by atoms with E-state index in [1.54, 1.807) is 19.1 Å². The number of hydrogen-bond acceptors (Lipinski definition) is 5. The molecule has 6 nitrogen and oxygen atoms in total. The van der Waals surface area contributed by atoms with E-state index in [1.807, 2.05) is 0 Å². The fourth-order valence-corrected chi connectivity index (χ4v) is 2.91. The van der Waals surface area contributed by atoms with E-state index < -0.39 is 17.7 Å². The van der Waals surface area contributed by atoms with Gasteiger partial charge in [0.2, 0.25) is 5.65 Å². The van der Waals surface area contributed by atoms with Crippen molar-refractivity contribution in [1.29, 1.82) is 0 Å². The van der Waals surface area contributed by atoms with Gasteiger partial charge in [0.05, 0.1) is 17.8 Å². The molecule has 120 valence electrons. The highest BCUT2D eigenvalue weighted by Crippen LogP contribution is 2.30. The van der Waals surface area contributed by atoms with Crippen LogP contribution in [0.1, 0.15) is 18.5 Å². The number of halogens is 3. The molecular formula is C15H9BrF2N6. The number of pyridine rings is 1. The molecule has 0 radical (unpaired) electrons. The Kier molecular flexibility index (Phi) is 3.45. The molecule has 1 unspecified atom stereocenters. The van der Waals surface area contributed by atoms with Gasteiger partial charge in [-0.2, -0.15) is 0 Å². The van der Waals surface area contributed by atoms with Crippen LogP contribution in [0.2, 0.25) is 0 Å². The molecule has 0 fully saturated rings. The van der Waals surface area contributed by atoms with Gasteiger partial charge in [-0.1, -0.05) is 5.21 Å². The molecule has 0 aliphatic rings. The molecule has 0 bridgehead atoms. The third-order valence-corrected chi connectivity index (χ3v) is 4.16. The van der Waals surface area contributed by atoms with Gasteiger partial charge in [-0.3, -0.25) is 4.98 Å². The Bertz CT molecular complexity index is 1080. The molecule has 1 aromatic carbocycles. The van der Waals surface area contributed by atoms with Gasteiger partial charge >= 0.3 is 0 Å². The zero-order valence-electron chi connectivity index (χ0n) is 12.3. The second-order valence-corrected chi connectivity index (χ2v) is 6.02. The second kappa shape index (κ2) is 5.52. The first-order valence-corrected chi connectivity index (χ1v) is 7.81. The molecule has 0 amide bonds. The number of fused-ring (bicyclic) bond motifs is 2. The highest BCUT2D eigenvalue weighted by Gasteiger charge is 2.24. The molecule has 0 aliphatic heterocycles. The van der Waals surface area contributed by atoms with Crippen LogP contribution >= 0.6 is 15.9 Å². The number of aromatic nitrogens is 6. The summed E-state index contributed by atoms with van der Waals surface area (Å²) < 4.78 is 31.2. The van der Waals surface area contributed by atoms with Crippen molar-refractivity contribution >= 4 is 38.1 Å². The average molecular weight is 391 g/mol. The summed E-state index contributed by atoms with van der Waals surface area (Å²) in [6.45, 7) is 1.63. The molecule has 3 heterocycles. The molecule has 1 atom stereocenters.